The first kappa shape index (κ1) is 20.0. The van der Waals surface area contributed by atoms with Crippen LogP contribution in [0.5, 0.6) is 0 Å². The van der Waals surface area contributed by atoms with E-state index in [-0.39, 0.29) is 25.6 Å². The number of carbonyl (C=O) groups excluding carboxylic acids is 2. The molecule has 0 aromatic heterocycles. The van der Waals surface area contributed by atoms with Crippen LogP contribution in [0.4, 0.5) is 9.18 Å². The molecule has 3 amide bonds. The molecule has 1 heterocycles. The third kappa shape index (κ3) is 4.05. The van der Waals surface area contributed by atoms with Crippen molar-refractivity contribution in [1.29, 1.82) is 0 Å². The van der Waals surface area contributed by atoms with Gasteiger partial charge in [0.2, 0.25) is 0 Å². The number of benzene rings is 2. The van der Waals surface area contributed by atoms with E-state index in [2.05, 4.69) is 5.32 Å². The van der Waals surface area contributed by atoms with Gasteiger partial charge >= 0.3 is 6.03 Å². The van der Waals surface area contributed by atoms with Crippen LogP contribution in [-0.2, 0) is 21.7 Å². The maximum absolute atomic E-state index is 13.6. The number of urea groups is 1. The Hall–Kier alpha value is -2.77. The molecule has 1 aliphatic heterocycles. The summed E-state index contributed by atoms with van der Waals surface area (Å²) in [6, 6.07) is 13.0. The lowest BCUT2D eigenvalue weighted by atomic mass is 9.91. The Morgan fingerprint density at radius 1 is 1.18 bits per heavy atom. The highest BCUT2D eigenvalue weighted by Crippen LogP contribution is 2.29. The van der Waals surface area contributed by atoms with Crippen LogP contribution in [0.2, 0.25) is 0 Å². The average molecular weight is 386 g/mol. The van der Waals surface area contributed by atoms with E-state index in [4.69, 9.17) is 4.74 Å². The lowest BCUT2D eigenvalue weighted by Crippen LogP contribution is -2.42. The molecule has 0 aliphatic carbocycles. The Labute approximate surface area is 162 Å². The summed E-state index contributed by atoms with van der Waals surface area (Å²) in [6.45, 7) is 3.23. The van der Waals surface area contributed by atoms with E-state index in [1.54, 1.807) is 37.3 Å². The number of aliphatic hydroxyl groups excluding tert-OH is 1. The summed E-state index contributed by atoms with van der Waals surface area (Å²) in [6.07, 6.45) is -1.08. The Morgan fingerprint density at radius 2 is 1.86 bits per heavy atom. The van der Waals surface area contributed by atoms with Crippen molar-refractivity contribution in [2.24, 2.45) is 0 Å². The summed E-state index contributed by atoms with van der Waals surface area (Å²) in [5, 5.41) is 12.9. The van der Waals surface area contributed by atoms with Crippen molar-refractivity contribution in [3.8, 4) is 0 Å². The Bertz CT molecular complexity index is 871. The molecule has 0 radical (unpaired) electrons. The molecule has 6 nitrogen and oxygen atoms in total. The topological polar surface area (TPSA) is 78.9 Å². The summed E-state index contributed by atoms with van der Waals surface area (Å²) in [7, 11) is 0. The number of hydrogen-bond donors (Lipinski definition) is 2. The zero-order valence-electron chi connectivity index (χ0n) is 15.8. The summed E-state index contributed by atoms with van der Waals surface area (Å²) in [5.41, 5.74) is 0.905. The lowest BCUT2D eigenvalue weighted by Gasteiger charge is -2.23. The molecule has 0 spiro atoms. The first-order valence-corrected chi connectivity index (χ1v) is 9.01. The second-order valence-corrected chi connectivity index (χ2v) is 7.10. The zero-order valence-corrected chi connectivity index (χ0v) is 15.8. The molecule has 0 bridgehead atoms. The van der Waals surface area contributed by atoms with Crippen molar-refractivity contribution in [2.75, 3.05) is 13.2 Å². The van der Waals surface area contributed by atoms with E-state index in [0.29, 0.717) is 11.1 Å². The molecule has 1 saturated heterocycles. The molecule has 0 unspecified atom stereocenters. The first-order chi connectivity index (χ1) is 13.3. The van der Waals surface area contributed by atoms with Gasteiger partial charge in [-0.05, 0) is 25.5 Å². The first-order valence-electron chi connectivity index (χ1n) is 9.01. The molecule has 28 heavy (non-hydrogen) atoms. The molecule has 2 aromatic carbocycles. The van der Waals surface area contributed by atoms with Gasteiger partial charge in [-0.3, -0.25) is 9.69 Å². The monoisotopic (exact) mass is 386 g/mol. The molecular weight excluding hydrogens is 363 g/mol. The SMILES string of the molecule is Cc1ccc([C@@]2(C)NC(=O)N(C[C@@H](O)COCc3ccccc3F)C2=O)cc1. The minimum absolute atomic E-state index is 0.00897. The van der Waals surface area contributed by atoms with Crippen LogP contribution in [0.15, 0.2) is 48.5 Å². The van der Waals surface area contributed by atoms with E-state index in [0.717, 1.165) is 10.5 Å². The second-order valence-electron chi connectivity index (χ2n) is 7.10. The minimum Gasteiger partial charge on any atom is -0.389 e. The van der Waals surface area contributed by atoms with Gasteiger partial charge in [-0.1, -0.05) is 48.0 Å². The van der Waals surface area contributed by atoms with Crippen molar-refractivity contribution < 1.29 is 23.8 Å². The zero-order chi connectivity index (χ0) is 20.3. The maximum atomic E-state index is 13.6. The van der Waals surface area contributed by atoms with Crippen molar-refractivity contribution in [3.63, 3.8) is 0 Å². The van der Waals surface area contributed by atoms with Gasteiger partial charge in [0.25, 0.3) is 5.91 Å². The number of nitrogens with zero attached hydrogens (tertiary/aromatic N) is 1. The van der Waals surface area contributed by atoms with Crippen LogP contribution in [0.25, 0.3) is 0 Å². The summed E-state index contributed by atoms with van der Waals surface area (Å²) >= 11 is 0. The maximum Gasteiger partial charge on any atom is 0.325 e. The van der Waals surface area contributed by atoms with Gasteiger partial charge < -0.3 is 15.2 Å². The average Bonchev–Trinajstić information content (AvgIpc) is 2.88. The molecule has 2 N–H and O–H groups in total. The smallest absolute Gasteiger partial charge is 0.325 e. The van der Waals surface area contributed by atoms with Gasteiger partial charge in [0.15, 0.2) is 0 Å². The van der Waals surface area contributed by atoms with Crippen LogP contribution in [0, 0.1) is 12.7 Å². The normalized spacial score (nSPS) is 20.4. The van der Waals surface area contributed by atoms with Gasteiger partial charge in [0, 0.05) is 5.56 Å². The van der Waals surface area contributed by atoms with Crippen LogP contribution < -0.4 is 5.32 Å². The molecule has 2 atom stereocenters. The van der Waals surface area contributed by atoms with Gasteiger partial charge in [-0.25, -0.2) is 9.18 Å². The molecule has 1 fully saturated rings. The highest BCUT2D eigenvalue weighted by Gasteiger charge is 2.49. The number of β-amino-alcohol motifs (C(OH)–C–C–N with tert-alkyl or cyclic N) is 1. The molecule has 7 heteroatoms. The molecule has 148 valence electrons. The molecule has 2 aromatic rings. The molecule has 1 aliphatic rings. The number of halogens is 1. The predicted octanol–water partition coefficient (Wildman–Crippen LogP) is 2.48. The summed E-state index contributed by atoms with van der Waals surface area (Å²) < 4.78 is 18.9. The van der Waals surface area contributed by atoms with Gasteiger partial charge in [0.1, 0.15) is 11.4 Å². The van der Waals surface area contributed by atoms with E-state index in [9.17, 15) is 19.1 Å². The number of amides is 3. The Kier molecular flexibility index (Phi) is 5.76. The van der Waals surface area contributed by atoms with Crippen LogP contribution in [-0.4, -0.2) is 41.2 Å². The molecule has 0 saturated carbocycles. The number of hydrogen-bond acceptors (Lipinski definition) is 4. The van der Waals surface area contributed by atoms with Crippen LogP contribution in [0.3, 0.4) is 0 Å². The van der Waals surface area contributed by atoms with Gasteiger partial charge in [0.05, 0.1) is 25.9 Å². The van der Waals surface area contributed by atoms with Crippen molar-refractivity contribution >= 4 is 11.9 Å². The second kappa shape index (κ2) is 8.08. The number of aryl methyl sites for hydroxylation is 1. The van der Waals surface area contributed by atoms with Crippen molar-refractivity contribution in [3.05, 3.63) is 71.0 Å². The fourth-order valence-electron chi connectivity index (χ4n) is 3.13. The third-order valence-corrected chi connectivity index (χ3v) is 4.82. The number of rotatable bonds is 7. The summed E-state index contributed by atoms with van der Waals surface area (Å²) in [4.78, 5) is 26.1. The number of carbonyl (C=O) groups is 2. The summed E-state index contributed by atoms with van der Waals surface area (Å²) in [5.74, 6) is -0.825. The third-order valence-electron chi connectivity index (χ3n) is 4.82. The van der Waals surface area contributed by atoms with E-state index >= 15 is 0 Å². The van der Waals surface area contributed by atoms with Crippen LogP contribution >= 0.6 is 0 Å². The Morgan fingerprint density at radius 3 is 2.54 bits per heavy atom. The molecular formula is C21H23FN2O4. The number of nitrogens with one attached hydrogen (secondary N) is 1. The van der Waals surface area contributed by atoms with Gasteiger partial charge in [-0.2, -0.15) is 0 Å². The number of ether oxygens (including phenoxy) is 1. The Balaban J connectivity index is 1.59. The van der Waals surface area contributed by atoms with Gasteiger partial charge in [-0.15, -0.1) is 0 Å². The van der Waals surface area contributed by atoms with Crippen LogP contribution in [0.1, 0.15) is 23.6 Å². The standard InChI is InChI=1S/C21H23FN2O4/c1-14-7-9-16(10-8-14)21(2)19(26)24(20(27)23-21)11-17(25)13-28-12-15-5-3-4-6-18(15)22/h3-10,17,25H,11-13H2,1-2H3,(H,23,27)/t17-,21-/m1/s1. The predicted molar refractivity (Wildman–Crippen MR) is 101 cm³/mol. The molecule has 3 rings (SSSR count). The van der Waals surface area contributed by atoms with E-state index < -0.39 is 23.6 Å². The quantitative estimate of drug-likeness (QED) is 0.717. The van der Waals surface area contributed by atoms with Crippen molar-refractivity contribution in [2.45, 2.75) is 32.1 Å². The highest BCUT2D eigenvalue weighted by atomic mass is 19.1. The fourth-order valence-corrected chi connectivity index (χ4v) is 3.13. The lowest BCUT2D eigenvalue weighted by molar-refractivity contribution is -0.132. The largest absolute Gasteiger partial charge is 0.389 e. The van der Waals surface area contributed by atoms with E-state index in [1.165, 1.54) is 6.07 Å². The minimum atomic E-state index is -1.18. The van der Waals surface area contributed by atoms with Crippen molar-refractivity contribution in [1.82, 2.24) is 10.2 Å². The number of imide groups is 1. The fraction of sp³-hybridized carbons (Fsp3) is 0.333. The van der Waals surface area contributed by atoms with E-state index in [1.807, 2.05) is 19.1 Å². The highest BCUT2D eigenvalue weighted by molar-refractivity contribution is 6.07. The number of aliphatic hydroxyl groups is 1.